The molecule has 2 rings (SSSR count). The van der Waals surface area contributed by atoms with E-state index in [0.717, 1.165) is 0 Å². The SMILES string of the molecule is CCOC(=O)C1(C(=O)OCC)CC=CC[C@H]1C[C@H]1C=CCC1(C(=O)OCC)C(=O)OCC. The van der Waals surface area contributed by atoms with Crippen molar-refractivity contribution in [2.45, 2.75) is 53.4 Å². The lowest BCUT2D eigenvalue weighted by Crippen LogP contribution is -2.51. The summed E-state index contributed by atoms with van der Waals surface area (Å²) in [5.74, 6) is -3.72. The molecular formula is C24H34O8. The highest BCUT2D eigenvalue weighted by Crippen LogP contribution is 2.50. The molecule has 0 saturated heterocycles. The molecule has 178 valence electrons. The first-order valence-corrected chi connectivity index (χ1v) is 11.4. The Kier molecular flexibility index (Phi) is 9.04. The van der Waals surface area contributed by atoms with Gasteiger partial charge in [-0.1, -0.05) is 24.3 Å². The van der Waals surface area contributed by atoms with E-state index < -0.39 is 46.5 Å². The highest BCUT2D eigenvalue weighted by Gasteiger charge is 2.60. The normalized spacial score (nSPS) is 22.8. The van der Waals surface area contributed by atoms with Crippen LogP contribution in [0.2, 0.25) is 0 Å². The van der Waals surface area contributed by atoms with Gasteiger partial charge in [-0.05, 0) is 59.3 Å². The Hall–Kier alpha value is -2.64. The van der Waals surface area contributed by atoms with Crippen LogP contribution in [0.5, 0.6) is 0 Å². The van der Waals surface area contributed by atoms with Crippen molar-refractivity contribution >= 4 is 23.9 Å². The molecule has 0 aliphatic heterocycles. The molecule has 0 bridgehead atoms. The van der Waals surface area contributed by atoms with Crippen LogP contribution in [-0.2, 0) is 38.1 Å². The third-order valence-electron chi connectivity index (χ3n) is 6.26. The lowest BCUT2D eigenvalue weighted by molar-refractivity contribution is -0.179. The lowest BCUT2D eigenvalue weighted by atomic mass is 9.62. The Balaban J connectivity index is 2.48. The standard InChI is InChI=1S/C24H34O8/c1-5-29-19(25)23(20(26)30-6-2)14-10-9-12-17(23)16-18-13-11-15-24(18,21(27)31-7-3)22(28)32-8-4/h9-11,13,17-18H,5-8,12,14-16H2,1-4H3/t17-,18+/m0/s1. The van der Waals surface area contributed by atoms with Crippen molar-refractivity contribution in [3.63, 3.8) is 0 Å². The Bertz CT molecular complexity index is 730. The fraction of sp³-hybridized carbons (Fsp3) is 0.667. The van der Waals surface area contributed by atoms with Crippen molar-refractivity contribution in [2.24, 2.45) is 22.7 Å². The number of hydrogen-bond acceptors (Lipinski definition) is 8. The van der Waals surface area contributed by atoms with E-state index in [2.05, 4.69) is 0 Å². The first-order valence-electron chi connectivity index (χ1n) is 11.4. The summed E-state index contributed by atoms with van der Waals surface area (Å²) in [5, 5.41) is 0. The average molecular weight is 451 g/mol. The molecule has 0 fully saturated rings. The molecule has 0 heterocycles. The molecule has 8 nitrogen and oxygen atoms in total. The van der Waals surface area contributed by atoms with Gasteiger partial charge in [0.25, 0.3) is 0 Å². The van der Waals surface area contributed by atoms with Gasteiger partial charge in [0.05, 0.1) is 26.4 Å². The Labute approximate surface area is 189 Å². The fourth-order valence-corrected chi connectivity index (χ4v) is 4.69. The quantitative estimate of drug-likeness (QED) is 0.216. The second-order valence-corrected chi connectivity index (χ2v) is 7.91. The number of hydrogen-bond donors (Lipinski definition) is 0. The van der Waals surface area contributed by atoms with E-state index in [9.17, 15) is 19.2 Å². The average Bonchev–Trinajstić information content (AvgIpc) is 3.19. The van der Waals surface area contributed by atoms with Crippen LogP contribution in [0, 0.1) is 22.7 Å². The first kappa shape index (κ1) is 25.6. The number of rotatable bonds is 10. The molecule has 0 saturated carbocycles. The van der Waals surface area contributed by atoms with E-state index in [1.807, 2.05) is 6.08 Å². The second kappa shape index (κ2) is 11.3. The van der Waals surface area contributed by atoms with Gasteiger partial charge in [-0.25, -0.2) is 0 Å². The summed E-state index contributed by atoms with van der Waals surface area (Å²) >= 11 is 0. The topological polar surface area (TPSA) is 105 Å². The van der Waals surface area contributed by atoms with Gasteiger partial charge < -0.3 is 18.9 Å². The third-order valence-corrected chi connectivity index (χ3v) is 6.26. The summed E-state index contributed by atoms with van der Waals surface area (Å²) in [6.07, 6.45) is 8.12. The number of carbonyl (C=O) groups excluding carboxylic acids is 4. The highest BCUT2D eigenvalue weighted by atomic mass is 16.6. The van der Waals surface area contributed by atoms with Gasteiger partial charge in [-0.3, -0.25) is 19.2 Å². The zero-order chi connectivity index (χ0) is 23.8. The van der Waals surface area contributed by atoms with Gasteiger partial charge in [0.15, 0.2) is 10.8 Å². The van der Waals surface area contributed by atoms with Gasteiger partial charge in [0.2, 0.25) is 0 Å². The summed E-state index contributed by atoms with van der Waals surface area (Å²) < 4.78 is 21.1. The van der Waals surface area contributed by atoms with E-state index in [4.69, 9.17) is 18.9 Å². The molecule has 0 aromatic carbocycles. The summed E-state index contributed by atoms with van der Waals surface area (Å²) in [6, 6.07) is 0. The minimum Gasteiger partial charge on any atom is -0.465 e. The number of carbonyl (C=O) groups is 4. The Morgan fingerprint density at radius 2 is 1.12 bits per heavy atom. The molecule has 32 heavy (non-hydrogen) atoms. The smallest absolute Gasteiger partial charge is 0.324 e. The number of esters is 4. The number of allylic oxidation sites excluding steroid dienone is 4. The molecule has 2 atom stereocenters. The van der Waals surface area contributed by atoms with Crippen molar-refractivity contribution in [1.82, 2.24) is 0 Å². The molecule has 0 spiro atoms. The minimum absolute atomic E-state index is 0.120. The summed E-state index contributed by atoms with van der Waals surface area (Å²) in [5.41, 5.74) is -3.07. The van der Waals surface area contributed by atoms with E-state index in [1.165, 1.54) is 0 Å². The first-order chi connectivity index (χ1) is 15.3. The van der Waals surface area contributed by atoms with Crippen LogP contribution in [0.1, 0.15) is 53.4 Å². The predicted molar refractivity (Wildman–Crippen MR) is 115 cm³/mol. The van der Waals surface area contributed by atoms with Crippen molar-refractivity contribution in [3.05, 3.63) is 24.3 Å². The maximum atomic E-state index is 13.1. The highest BCUT2D eigenvalue weighted by molar-refractivity contribution is 6.02. The maximum Gasteiger partial charge on any atom is 0.324 e. The molecule has 8 heteroatoms. The monoisotopic (exact) mass is 450 g/mol. The molecule has 0 aromatic rings. The van der Waals surface area contributed by atoms with Gasteiger partial charge in [0, 0.05) is 5.92 Å². The number of ether oxygens (including phenoxy) is 4. The molecule has 0 aromatic heterocycles. The molecular weight excluding hydrogens is 416 g/mol. The van der Waals surface area contributed by atoms with Crippen LogP contribution < -0.4 is 0 Å². The van der Waals surface area contributed by atoms with Crippen molar-refractivity contribution in [1.29, 1.82) is 0 Å². The second-order valence-electron chi connectivity index (χ2n) is 7.91. The summed E-state index contributed by atoms with van der Waals surface area (Å²) in [4.78, 5) is 52.2. The van der Waals surface area contributed by atoms with Crippen LogP contribution >= 0.6 is 0 Å². The van der Waals surface area contributed by atoms with Crippen molar-refractivity contribution in [3.8, 4) is 0 Å². The maximum absolute atomic E-state index is 13.1. The molecule has 0 unspecified atom stereocenters. The zero-order valence-electron chi connectivity index (χ0n) is 19.4. The Morgan fingerprint density at radius 3 is 1.59 bits per heavy atom. The molecule has 0 radical (unpaired) electrons. The molecule has 0 amide bonds. The Morgan fingerprint density at radius 1 is 0.688 bits per heavy atom. The molecule has 2 aliphatic carbocycles. The van der Waals surface area contributed by atoms with Crippen LogP contribution in [0.4, 0.5) is 0 Å². The van der Waals surface area contributed by atoms with Crippen molar-refractivity contribution in [2.75, 3.05) is 26.4 Å². The van der Waals surface area contributed by atoms with E-state index in [0.29, 0.717) is 6.42 Å². The summed E-state index contributed by atoms with van der Waals surface area (Å²) in [6.45, 7) is 7.18. The molecule has 0 N–H and O–H groups in total. The van der Waals surface area contributed by atoms with Gasteiger partial charge >= 0.3 is 23.9 Å². The predicted octanol–water partition coefficient (Wildman–Crippen LogP) is 3.14. The van der Waals surface area contributed by atoms with E-state index in [1.54, 1.807) is 45.9 Å². The molecule has 2 aliphatic rings. The van der Waals surface area contributed by atoms with Gasteiger partial charge in [0.1, 0.15) is 0 Å². The lowest BCUT2D eigenvalue weighted by Gasteiger charge is -2.40. The zero-order valence-corrected chi connectivity index (χ0v) is 19.4. The largest absolute Gasteiger partial charge is 0.465 e. The van der Waals surface area contributed by atoms with Gasteiger partial charge in [-0.2, -0.15) is 0 Å². The minimum atomic E-state index is -1.54. The van der Waals surface area contributed by atoms with Gasteiger partial charge in [-0.15, -0.1) is 0 Å². The van der Waals surface area contributed by atoms with E-state index >= 15 is 0 Å². The third kappa shape index (κ3) is 4.59. The van der Waals surface area contributed by atoms with Crippen LogP contribution in [0.25, 0.3) is 0 Å². The van der Waals surface area contributed by atoms with Crippen molar-refractivity contribution < 1.29 is 38.1 Å². The fourth-order valence-electron chi connectivity index (χ4n) is 4.69. The van der Waals surface area contributed by atoms with Crippen LogP contribution in [0.3, 0.4) is 0 Å². The van der Waals surface area contributed by atoms with Crippen LogP contribution in [-0.4, -0.2) is 50.3 Å². The van der Waals surface area contributed by atoms with Crippen LogP contribution in [0.15, 0.2) is 24.3 Å². The van der Waals surface area contributed by atoms with E-state index in [-0.39, 0.29) is 45.7 Å². The summed E-state index contributed by atoms with van der Waals surface area (Å²) in [7, 11) is 0.